The van der Waals surface area contributed by atoms with Crippen LogP contribution in [-0.4, -0.2) is 37.1 Å². The highest BCUT2D eigenvalue weighted by Gasteiger charge is 2.39. The van der Waals surface area contributed by atoms with Crippen molar-refractivity contribution in [3.8, 4) is 0 Å². The van der Waals surface area contributed by atoms with Gasteiger partial charge in [0.1, 0.15) is 0 Å². The van der Waals surface area contributed by atoms with Crippen LogP contribution in [0.2, 0.25) is 0 Å². The van der Waals surface area contributed by atoms with E-state index in [0.29, 0.717) is 0 Å². The number of likely N-dealkylation sites (tertiary alicyclic amines) is 1. The number of hydrogen-bond donors (Lipinski definition) is 1. The topological polar surface area (TPSA) is 15.3 Å². The Labute approximate surface area is 104 Å². The third kappa shape index (κ3) is 2.70. The zero-order valence-corrected chi connectivity index (χ0v) is 10.6. The van der Waals surface area contributed by atoms with E-state index in [2.05, 4.69) is 47.6 Å². The predicted molar refractivity (Wildman–Crippen MR) is 71.2 cm³/mol. The lowest BCUT2D eigenvalue weighted by atomic mass is 10.1. The number of nitrogens with zero attached hydrogens (tertiary/aromatic N) is 1. The third-order valence-corrected chi connectivity index (χ3v) is 4.19. The molecule has 2 nitrogen and oxygen atoms in total. The molecule has 2 aliphatic rings. The molecule has 1 aliphatic carbocycles. The first kappa shape index (κ1) is 11.2. The molecule has 2 fully saturated rings. The summed E-state index contributed by atoms with van der Waals surface area (Å²) in [6.45, 7) is 2.50. The first-order chi connectivity index (χ1) is 8.33. The highest BCUT2D eigenvalue weighted by atomic mass is 15.1. The van der Waals surface area contributed by atoms with E-state index in [1.54, 1.807) is 0 Å². The Kier molecular flexibility index (Phi) is 3.17. The van der Waals surface area contributed by atoms with Gasteiger partial charge in [0.2, 0.25) is 0 Å². The first-order valence-corrected chi connectivity index (χ1v) is 6.82. The van der Waals surface area contributed by atoms with Crippen LogP contribution in [0.1, 0.15) is 30.7 Å². The van der Waals surface area contributed by atoms with Gasteiger partial charge in [0.25, 0.3) is 0 Å². The lowest BCUT2D eigenvalue weighted by molar-refractivity contribution is 0.233. The van der Waals surface area contributed by atoms with Crippen LogP contribution in [0.25, 0.3) is 0 Å². The van der Waals surface area contributed by atoms with Crippen LogP contribution in [0.5, 0.6) is 0 Å². The standard InChI is InChI=1S/C15H22N2/c1-17-9-7-13(8-10-17)16-15-11-14(15)12-5-3-2-4-6-12/h2-6,13-16H,7-11H2,1H3/t14-,15+/m0/s1. The van der Waals surface area contributed by atoms with E-state index in [1.165, 1.54) is 37.9 Å². The Morgan fingerprint density at radius 2 is 1.82 bits per heavy atom. The average Bonchev–Trinajstić information content (AvgIpc) is 3.13. The molecule has 0 bridgehead atoms. The maximum absolute atomic E-state index is 3.84. The van der Waals surface area contributed by atoms with Crippen molar-refractivity contribution in [1.82, 2.24) is 10.2 Å². The van der Waals surface area contributed by atoms with E-state index in [9.17, 15) is 0 Å². The van der Waals surface area contributed by atoms with Gasteiger partial charge in [0.05, 0.1) is 0 Å². The van der Waals surface area contributed by atoms with E-state index < -0.39 is 0 Å². The fourth-order valence-corrected chi connectivity index (χ4v) is 2.93. The molecule has 92 valence electrons. The lowest BCUT2D eigenvalue weighted by Gasteiger charge is -2.29. The van der Waals surface area contributed by atoms with Gasteiger partial charge in [-0.2, -0.15) is 0 Å². The van der Waals surface area contributed by atoms with E-state index in [1.807, 2.05) is 0 Å². The van der Waals surface area contributed by atoms with Gasteiger partial charge in [-0.25, -0.2) is 0 Å². The highest BCUT2D eigenvalue weighted by Crippen LogP contribution is 2.41. The van der Waals surface area contributed by atoms with E-state index >= 15 is 0 Å². The molecule has 1 aromatic carbocycles. The molecule has 2 atom stereocenters. The maximum Gasteiger partial charge on any atom is 0.0145 e. The zero-order valence-electron chi connectivity index (χ0n) is 10.6. The number of piperidine rings is 1. The summed E-state index contributed by atoms with van der Waals surface area (Å²) in [5, 5.41) is 3.84. The summed E-state index contributed by atoms with van der Waals surface area (Å²) in [5.74, 6) is 0.774. The van der Waals surface area contributed by atoms with Crippen molar-refractivity contribution < 1.29 is 0 Å². The second-order valence-electron chi connectivity index (χ2n) is 5.60. The van der Waals surface area contributed by atoms with Gasteiger partial charge in [-0.05, 0) is 45.0 Å². The van der Waals surface area contributed by atoms with E-state index in [0.717, 1.165) is 18.0 Å². The van der Waals surface area contributed by atoms with Crippen LogP contribution in [0.3, 0.4) is 0 Å². The minimum atomic E-state index is 0.741. The first-order valence-electron chi connectivity index (χ1n) is 6.82. The quantitative estimate of drug-likeness (QED) is 0.856. The summed E-state index contributed by atoms with van der Waals surface area (Å²) in [4.78, 5) is 2.43. The Balaban J connectivity index is 1.49. The third-order valence-electron chi connectivity index (χ3n) is 4.19. The Morgan fingerprint density at radius 1 is 1.12 bits per heavy atom. The number of benzene rings is 1. The van der Waals surface area contributed by atoms with Crippen molar-refractivity contribution >= 4 is 0 Å². The van der Waals surface area contributed by atoms with Gasteiger partial charge in [-0.3, -0.25) is 0 Å². The second kappa shape index (κ2) is 4.79. The molecule has 1 saturated heterocycles. The molecule has 3 rings (SSSR count). The van der Waals surface area contributed by atoms with Gasteiger partial charge in [0.15, 0.2) is 0 Å². The van der Waals surface area contributed by atoms with Crippen LogP contribution >= 0.6 is 0 Å². The normalized spacial score (nSPS) is 30.4. The molecule has 0 aromatic heterocycles. The van der Waals surface area contributed by atoms with Gasteiger partial charge in [-0.1, -0.05) is 30.3 Å². The summed E-state index contributed by atoms with van der Waals surface area (Å²) in [6.07, 6.45) is 3.96. The lowest BCUT2D eigenvalue weighted by Crippen LogP contribution is -2.41. The molecule has 0 spiro atoms. The minimum Gasteiger partial charge on any atom is -0.311 e. The van der Waals surface area contributed by atoms with Gasteiger partial charge < -0.3 is 10.2 Å². The number of rotatable bonds is 3. The highest BCUT2D eigenvalue weighted by molar-refractivity contribution is 5.27. The van der Waals surface area contributed by atoms with Gasteiger partial charge in [-0.15, -0.1) is 0 Å². The Morgan fingerprint density at radius 3 is 2.53 bits per heavy atom. The molecule has 1 aromatic rings. The summed E-state index contributed by atoms with van der Waals surface area (Å²) in [7, 11) is 2.22. The fourth-order valence-electron chi connectivity index (χ4n) is 2.93. The molecular weight excluding hydrogens is 208 g/mol. The molecule has 17 heavy (non-hydrogen) atoms. The smallest absolute Gasteiger partial charge is 0.0145 e. The van der Waals surface area contributed by atoms with Crippen molar-refractivity contribution in [2.24, 2.45) is 0 Å². The summed E-state index contributed by atoms with van der Waals surface area (Å²) >= 11 is 0. The minimum absolute atomic E-state index is 0.741. The molecule has 1 aliphatic heterocycles. The molecule has 1 heterocycles. The molecule has 0 unspecified atom stereocenters. The summed E-state index contributed by atoms with van der Waals surface area (Å²) < 4.78 is 0. The van der Waals surface area contributed by atoms with E-state index in [4.69, 9.17) is 0 Å². The average molecular weight is 230 g/mol. The Hall–Kier alpha value is -0.860. The molecule has 1 N–H and O–H groups in total. The maximum atomic E-state index is 3.84. The molecule has 0 radical (unpaired) electrons. The Bertz CT molecular complexity index is 354. The van der Waals surface area contributed by atoms with Crippen LogP contribution in [0.4, 0.5) is 0 Å². The molecule has 0 amide bonds. The fraction of sp³-hybridized carbons (Fsp3) is 0.600. The van der Waals surface area contributed by atoms with Crippen molar-refractivity contribution in [2.45, 2.75) is 37.3 Å². The van der Waals surface area contributed by atoms with E-state index in [-0.39, 0.29) is 0 Å². The molecule has 2 heteroatoms. The largest absolute Gasteiger partial charge is 0.311 e. The van der Waals surface area contributed by atoms with Gasteiger partial charge in [0, 0.05) is 18.0 Å². The van der Waals surface area contributed by atoms with Crippen LogP contribution in [-0.2, 0) is 0 Å². The monoisotopic (exact) mass is 230 g/mol. The summed E-state index contributed by atoms with van der Waals surface area (Å²) in [6, 6.07) is 12.4. The van der Waals surface area contributed by atoms with Crippen molar-refractivity contribution in [3.63, 3.8) is 0 Å². The second-order valence-corrected chi connectivity index (χ2v) is 5.60. The zero-order chi connectivity index (χ0) is 11.7. The predicted octanol–water partition coefficient (Wildman–Crippen LogP) is 2.23. The van der Waals surface area contributed by atoms with Crippen molar-refractivity contribution in [1.29, 1.82) is 0 Å². The summed E-state index contributed by atoms with van der Waals surface area (Å²) in [5.41, 5.74) is 1.51. The number of nitrogens with one attached hydrogen (secondary N) is 1. The molecular formula is C15H22N2. The van der Waals surface area contributed by atoms with Crippen LogP contribution < -0.4 is 5.32 Å². The van der Waals surface area contributed by atoms with Crippen LogP contribution in [0, 0.1) is 0 Å². The van der Waals surface area contributed by atoms with Crippen molar-refractivity contribution in [2.75, 3.05) is 20.1 Å². The SMILES string of the molecule is CN1CCC(N[C@@H]2C[C@H]2c2ccccc2)CC1. The van der Waals surface area contributed by atoms with Crippen LogP contribution in [0.15, 0.2) is 30.3 Å². The number of hydrogen-bond acceptors (Lipinski definition) is 2. The van der Waals surface area contributed by atoms with Crippen molar-refractivity contribution in [3.05, 3.63) is 35.9 Å². The molecule has 1 saturated carbocycles. The van der Waals surface area contributed by atoms with Gasteiger partial charge >= 0.3 is 0 Å².